The fourth-order valence-corrected chi connectivity index (χ4v) is 2.96. The number of aliphatic hydroxyl groups is 1. The largest absolute Gasteiger partial charge is 0.396 e. The molecule has 2 atom stereocenters. The quantitative estimate of drug-likeness (QED) is 0.634. The molecule has 1 aliphatic carbocycles. The van der Waals surface area contributed by atoms with Crippen LogP contribution in [0.15, 0.2) is 0 Å². The minimum Gasteiger partial charge on any atom is -0.396 e. The Morgan fingerprint density at radius 1 is 1.41 bits per heavy atom. The summed E-state index contributed by atoms with van der Waals surface area (Å²) >= 11 is 0. The first-order valence-corrected chi connectivity index (χ1v) is 7.32. The average molecular weight is 240 g/mol. The Labute approximate surface area is 105 Å². The molecule has 0 bridgehead atoms. The van der Waals surface area contributed by atoms with E-state index in [9.17, 15) is 0 Å². The predicted molar refractivity (Wildman–Crippen MR) is 71.1 cm³/mol. The van der Waals surface area contributed by atoms with Gasteiger partial charge in [-0.05, 0) is 57.4 Å². The second-order valence-electron chi connectivity index (χ2n) is 6.14. The standard InChI is InChI=1S/C14H28N2O/c1-12(10-13-4-2-3-8-15-13)16-11-14(5-6-14)7-9-17/h12-13,15-17H,2-11H2,1H3. The van der Waals surface area contributed by atoms with Crippen LogP contribution < -0.4 is 10.6 Å². The van der Waals surface area contributed by atoms with Crippen LogP contribution in [-0.4, -0.2) is 36.9 Å². The molecule has 0 spiro atoms. The van der Waals surface area contributed by atoms with E-state index < -0.39 is 0 Å². The van der Waals surface area contributed by atoms with E-state index >= 15 is 0 Å². The Morgan fingerprint density at radius 2 is 2.24 bits per heavy atom. The molecule has 1 heterocycles. The van der Waals surface area contributed by atoms with E-state index in [4.69, 9.17) is 5.11 Å². The van der Waals surface area contributed by atoms with E-state index in [2.05, 4.69) is 17.6 Å². The molecule has 0 aromatic rings. The van der Waals surface area contributed by atoms with Crippen molar-refractivity contribution in [1.29, 1.82) is 0 Å². The maximum absolute atomic E-state index is 9.03. The summed E-state index contributed by atoms with van der Waals surface area (Å²) in [5, 5.41) is 16.3. The normalized spacial score (nSPS) is 28.9. The minimum atomic E-state index is 0.347. The first kappa shape index (κ1) is 13.3. The number of nitrogens with one attached hydrogen (secondary N) is 2. The van der Waals surface area contributed by atoms with Gasteiger partial charge in [0.1, 0.15) is 0 Å². The van der Waals surface area contributed by atoms with Crippen LogP contribution in [-0.2, 0) is 0 Å². The molecule has 1 saturated carbocycles. The topological polar surface area (TPSA) is 44.3 Å². The summed E-state index contributed by atoms with van der Waals surface area (Å²) in [5.41, 5.74) is 0.447. The van der Waals surface area contributed by atoms with E-state index in [-0.39, 0.29) is 0 Å². The van der Waals surface area contributed by atoms with E-state index in [1.54, 1.807) is 0 Å². The third-order valence-corrected chi connectivity index (χ3v) is 4.48. The van der Waals surface area contributed by atoms with Crippen LogP contribution in [0, 0.1) is 5.41 Å². The molecule has 2 aliphatic rings. The Kier molecular flexibility index (Phi) is 4.83. The maximum Gasteiger partial charge on any atom is 0.0436 e. The van der Waals surface area contributed by atoms with Gasteiger partial charge in [0.05, 0.1) is 0 Å². The highest BCUT2D eigenvalue weighted by molar-refractivity contribution is 4.95. The van der Waals surface area contributed by atoms with Crippen molar-refractivity contribution in [3.63, 3.8) is 0 Å². The van der Waals surface area contributed by atoms with E-state index in [0.717, 1.165) is 19.0 Å². The van der Waals surface area contributed by atoms with Crippen molar-refractivity contribution in [3.8, 4) is 0 Å². The van der Waals surface area contributed by atoms with Gasteiger partial charge >= 0.3 is 0 Å². The van der Waals surface area contributed by atoms with Crippen LogP contribution in [0.1, 0.15) is 51.9 Å². The molecule has 1 saturated heterocycles. The highest BCUT2D eigenvalue weighted by atomic mass is 16.3. The Balaban J connectivity index is 1.61. The van der Waals surface area contributed by atoms with Crippen LogP contribution in [0.4, 0.5) is 0 Å². The van der Waals surface area contributed by atoms with Gasteiger partial charge in [-0.2, -0.15) is 0 Å². The summed E-state index contributed by atoms with van der Waals surface area (Å²) in [7, 11) is 0. The van der Waals surface area contributed by atoms with Gasteiger partial charge in [0.25, 0.3) is 0 Å². The molecule has 2 fully saturated rings. The molecule has 3 nitrogen and oxygen atoms in total. The third kappa shape index (κ3) is 4.23. The van der Waals surface area contributed by atoms with Crippen LogP contribution >= 0.6 is 0 Å². The lowest BCUT2D eigenvalue weighted by Crippen LogP contribution is -2.41. The number of hydrogen-bond acceptors (Lipinski definition) is 3. The first-order valence-electron chi connectivity index (χ1n) is 7.32. The molecule has 3 N–H and O–H groups in total. The smallest absolute Gasteiger partial charge is 0.0436 e. The van der Waals surface area contributed by atoms with E-state index in [1.807, 2.05) is 0 Å². The van der Waals surface area contributed by atoms with Gasteiger partial charge in [0.15, 0.2) is 0 Å². The lowest BCUT2D eigenvalue weighted by atomic mass is 9.97. The zero-order chi connectivity index (χ0) is 12.1. The lowest BCUT2D eigenvalue weighted by Gasteiger charge is -2.27. The molecule has 17 heavy (non-hydrogen) atoms. The summed E-state index contributed by atoms with van der Waals surface area (Å²) in [6, 6.07) is 1.32. The van der Waals surface area contributed by atoms with Crippen LogP contribution in [0.2, 0.25) is 0 Å². The zero-order valence-electron chi connectivity index (χ0n) is 11.2. The van der Waals surface area contributed by atoms with Gasteiger partial charge in [0, 0.05) is 25.2 Å². The summed E-state index contributed by atoms with van der Waals surface area (Å²) in [4.78, 5) is 0. The summed E-state index contributed by atoms with van der Waals surface area (Å²) in [6.07, 6.45) is 8.90. The lowest BCUT2D eigenvalue weighted by molar-refractivity contribution is 0.240. The van der Waals surface area contributed by atoms with Crippen molar-refractivity contribution in [1.82, 2.24) is 10.6 Å². The fourth-order valence-electron chi connectivity index (χ4n) is 2.96. The van der Waals surface area contributed by atoms with Crippen molar-refractivity contribution in [2.24, 2.45) is 5.41 Å². The number of hydrogen-bond donors (Lipinski definition) is 3. The van der Waals surface area contributed by atoms with Gasteiger partial charge in [-0.25, -0.2) is 0 Å². The van der Waals surface area contributed by atoms with Crippen LogP contribution in [0.5, 0.6) is 0 Å². The average Bonchev–Trinajstić information content (AvgIpc) is 3.09. The zero-order valence-corrected chi connectivity index (χ0v) is 11.2. The molecule has 1 aliphatic heterocycles. The Morgan fingerprint density at radius 3 is 2.82 bits per heavy atom. The summed E-state index contributed by atoms with van der Waals surface area (Å²) < 4.78 is 0. The van der Waals surface area contributed by atoms with Gasteiger partial charge in [-0.1, -0.05) is 6.42 Å². The minimum absolute atomic E-state index is 0.347. The van der Waals surface area contributed by atoms with E-state index in [0.29, 0.717) is 18.1 Å². The number of aliphatic hydroxyl groups excluding tert-OH is 1. The van der Waals surface area contributed by atoms with Crippen molar-refractivity contribution in [2.75, 3.05) is 19.7 Å². The Hall–Kier alpha value is -0.120. The second kappa shape index (κ2) is 6.17. The molecule has 100 valence electrons. The predicted octanol–water partition coefficient (Wildman–Crippen LogP) is 1.66. The SMILES string of the molecule is CC(CC1CCCCN1)NCC1(CCO)CC1. The molecule has 0 aromatic carbocycles. The van der Waals surface area contributed by atoms with Crippen molar-refractivity contribution in [3.05, 3.63) is 0 Å². The fraction of sp³-hybridized carbons (Fsp3) is 1.00. The molecule has 0 aromatic heterocycles. The van der Waals surface area contributed by atoms with Crippen LogP contribution in [0.25, 0.3) is 0 Å². The van der Waals surface area contributed by atoms with Gasteiger partial charge in [-0.3, -0.25) is 0 Å². The Bertz CT molecular complexity index is 222. The third-order valence-electron chi connectivity index (χ3n) is 4.48. The second-order valence-corrected chi connectivity index (χ2v) is 6.14. The highest BCUT2D eigenvalue weighted by Gasteiger charge is 2.41. The van der Waals surface area contributed by atoms with Gasteiger partial charge < -0.3 is 15.7 Å². The number of rotatable bonds is 7. The molecule has 3 heteroatoms. The molecular weight excluding hydrogens is 212 g/mol. The molecule has 2 unspecified atom stereocenters. The van der Waals surface area contributed by atoms with Crippen molar-refractivity contribution in [2.45, 2.75) is 64.0 Å². The summed E-state index contributed by atoms with van der Waals surface area (Å²) in [5.74, 6) is 0. The maximum atomic E-state index is 9.03. The number of piperidine rings is 1. The molecule has 0 radical (unpaired) electrons. The summed E-state index contributed by atoms with van der Waals surface area (Å²) in [6.45, 7) is 4.94. The molecule has 2 rings (SSSR count). The van der Waals surface area contributed by atoms with Gasteiger partial charge in [-0.15, -0.1) is 0 Å². The first-order chi connectivity index (χ1) is 8.24. The van der Waals surface area contributed by atoms with Crippen molar-refractivity contribution >= 4 is 0 Å². The van der Waals surface area contributed by atoms with Crippen LogP contribution in [0.3, 0.4) is 0 Å². The molecule has 0 amide bonds. The van der Waals surface area contributed by atoms with Crippen molar-refractivity contribution < 1.29 is 5.11 Å². The monoisotopic (exact) mass is 240 g/mol. The molecular formula is C14H28N2O. The highest BCUT2D eigenvalue weighted by Crippen LogP contribution is 2.47. The van der Waals surface area contributed by atoms with Gasteiger partial charge in [0.2, 0.25) is 0 Å². The van der Waals surface area contributed by atoms with E-state index in [1.165, 1.54) is 45.1 Å².